The van der Waals surface area contributed by atoms with Crippen molar-refractivity contribution in [2.24, 2.45) is 0 Å². The molecule has 6 nitrogen and oxygen atoms in total. The third kappa shape index (κ3) is 2.78. The van der Waals surface area contributed by atoms with Gasteiger partial charge in [0.2, 0.25) is 5.95 Å². The monoisotopic (exact) mass is 347 g/mol. The van der Waals surface area contributed by atoms with Gasteiger partial charge < -0.3 is 5.73 Å². The van der Waals surface area contributed by atoms with E-state index in [0.717, 1.165) is 5.39 Å². The van der Waals surface area contributed by atoms with Gasteiger partial charge >= 0.3 is 5.69 Å². The molecule has 0 spiro atoms. The first-order valence-corrected chi connectivity index (χ1v) is 7.59. The third-order valence-electron chi connectivity index (χ3n) is 3.55. The van der Waals surface area contributed by atoms with E-state index >= 15 is 0 Å². The summed E-state index contributed by atoms with van der Waals surface area (Å²) in [5, 5.41) is 5.07. The molecule has 3 rings (SSSR count). The maximum Gasteiger partial charge on any atom is 0.353 e. The van der Waals surface area contributed by atoms with Crippen molar-refractivity contribution in [2.45, 2.75) is 20.4 Å². The lowest BCUT2D eigenvalue weighted by Gasteiger charge is -2.00. The molecule has 0 aliphatic carbocycles. The third-order valence-corrected chi connectivity index (χ3v) is 3.92. The zero-order valence-electron chi connectivity index (χ0n) is 13.1. The minimum atomic E-state index is -0.488. The van der Waals surface area contributed by atoms with Crippen LogP contribution in [0.1, 0.15) is 13.8 Å². The Hall–Kier alpha value is -2.67. The van der Waals surface area contributed by atoms with Crippen LogP contribution >= 0.6 is 11.6 Å². The van der Waals surface area contributed by atoms with Gasteiger partial charge in [-0.2, -0.15) is 0 Å². The van der Waals surface area contributed by atoms with Crippen molar-refractivity contribution in [1.82, 2.24) is 19.2 Å². The van der Waals surface area contributed by atoms with E-state index in [1.807, 2.05) is 18.2 Å². The predicted molar refractivity (Wildman–Crippen MR) is 92.6 cm³/mol. The molecule has 8 heteroatoms. The second-order valence-corrected chi connectivity index (χ2v) is 5.87. The number of nitrogens with zero attached hydrogens (tertiary/aromatic N) is 4. The molecule has 0 radical (unpaired) electrons. The molecule has 2 N–H and O–H groups in total. The lowest BCUT2D eigenvalue weighted by Crippen LogP contribution is -2.23. The number of anilines is 1. The molecular weight excluding hydrogens is 333 g/mol. The van der Waals surface area contributed by atoms with Crippen LogP contribution in [0.15, 0.2) is 51.6 Å². The van der Waals surface area contributed by atoms with E-state index in [2.05, 4.69) is 10.1 Å². The minimum Gasteiger partial charge on any atom is -0.369 e. The first-order chi connectivity index (χ1) is 11.4. The van der Waals surface area contributed by atoms with Gasteiger partial charge in [0, 0.05) is 5.39 Å². The molecule has 2 heterocycles. The van der Waals surface area contributed by atoms with Crippen LogP contribution in [0.5, 0.6) is 0 Å². The summed E-state index contributed by atoms with van der Waals surface area (Å²) in [7, 11) is 0. The number of nitrogens with two attached hydrogens (primary N) is 1. The van der Waals surface area contributed by atoms with Gasteiger partial charge in [-0.05, 0) is 32.1 Å². The van der Waals surface area contributed by atoms with Gasteiger partial charge in [-0.15, -0.1) is 5.10 Å². The predicted octanol–water partition coefficient (Wildman–Crippen LogP) is 3.01. The number of fused-ring (bicyclic) bond motifs is 3. The summed E-state index contributed by atoms with van der Waals surface area (Å²) in [5.74, 6) is -0.420. The molecule has 124 valence electrons. The van der Waals surface area contributed by atoms with Crippen molar-refractivity contribution >= 4 is 34.1 Å². The Morgan fingerprint density at radius 3 is 2.79 bits per heavy atom. The second-order valence-electron chi connectivity index (χ2n) is 5.46. The van der Waals surface area contributed by atoms with Crippen LogP contribution in [-0.4, -0.2) is 19.2 Å². The molecule has 0 unspecified atom stereocenters. The van der Waals surface area contributed by atoms with Gasteiger partial charge in [0.05, 0.1) is 17.1 Å². The Kier molecular flexibility index (Phi) is 4.11. The van der Waals surface area contributed by atoms with Crippen molar-refractivity contribution < 1.29 is 4.39 Å². The molecular formula is C16H15ClFN5O. The van der Waals surface area contributed by atoms with Gasteiger partial charge in [-0.25, -0.2) is 23.3 Å². The zero-order valence-corrected chi connectivity index (χ0v) is 13.9. The number of hydrogen-bond donors (Lipinski definition) is 1. The summed E-state index contributed by atoms with van der Waals surface area (Å²) in [4.78, 5) is 16.8. The highest BCUT2D eigenvalue weighted by molar-refractivity contribution is 6.31. The van der Waals surface area contributed by atoms with Gasteiger partial charge in [-0.1, -0.05) is 29.3 Å². The van der Waals surface area contributed by atoms with Gasteiger partial charge in [-0.3, -0.25) is 0 Å². The molecule has 0 aliphatic heterocycles. The Balaban J connectivity index is 2.16. The number of hydrogen-bond acceptors (Lipinski definition) is 4. The Morgan fingerprint density at radius 2 is 2.08 bits per heavy atom. The van der Waals surface area contributed by atoms with Crippen LogP contribution in [0, 0.1) is 0 Å². The van der Waals surface area contributed by atoms with E-state index in [0.29, 0.717) is 16.7 Å². The van der Waals surface area contributed by atoms with Crippen molar-refractivity contribution in [3.8, 4) is 0 Å². The Bertz CT molecular complexity index is 1060. The van der Waals surface area contributed by atoms with Crippen LogP contribution in [0.2, 0.25) is 0 Å². The number of benzene rings is 1. The fourth-order valence-electron chi connectivity index (χ4n) is 2.42. The summed E-state index contributed by atoms with van der Waals surface area (Å²) in [5.41, 5.74) is 7.25. The van der Waals surface area contributed by atoms with Gasteiger partial charge in [0.15, 0.2) is 5.65 Å². The van der Waals surface area contributed by atoms with E-state index in [-0.39, 0.29) is 17.5 Å². The fourth-order valence-corrected chi connectivity index (χ4v) is 2.61. The van der Waals surface area contributed by atoms with Crippen molar-refractivity contribution in [1.29, 1.82) is 0 Å². The number of aromatic nitrogens is 4. The largest absolute Gasteiger partial charge is 0.369 e. The second kappa shape index (κ2) is 6.09. The number of halogens is 2. The molecule has 0 fully saturated rings. The highest BCUT2D eigenvalue weighted by Crippen LogP contribution is 2.18. The first kappa shape index (κ1) is 16.2. The standard InChI is InChI=1S/C16H15ClFN5O/c1-9(7-12(17)10(2)18)8-22-16(24)23-14(21-22)11-5-3-4-6-13(11)20-15(23)19/h3-7H,8H2,1-2H3,(H2,19,20)/b9-7+,12-10-. The molecule has 0 saturated heterocycles. The van der Waals surface area contributed by atoms with Gasteiger partial charge in [0.1, 0.15) is 5.83 Å². The number of allylic oxidation sites excluding steroid dienone is 4. The minimum absolute atomic E-state index is 0.00376. The molecule has 3 aromatic rings. The van der Waals surface area contributed by atoms with E-state index in [1.54, 1.807) is 13.0 Å². The maximum absolute atomic E-state index is 13.1. The average molecular weight is 348 g/mol. The van der Waals surface area contributed by atoms with Gasteiger partial charge in [0.25, 0.3) is 0 Å². The number of para-hydroxylation sites is 1. The van der Waals surface area contributed by atoms with Crippen LogP contribution < -0.4 is 11.4 Å². The normalized spacial score (nSPS) is 13.6. The van der Waals surface area contributed by atoms with E-state index in [4.69, 9.17) is 17.3 Å². The molecule has 0 amide bonds. The van der Waals surface area contributed by atoms with E-state index in [9.17, 15) is 9.18 Å². The summed E-state index contributed by atoms with van der Waals surface area (Å²) in [6, 6.07) is 7.29. The Labute approximate surface area is 141 Å². The SMILES string of the molecule is C/C(F)=C(Cl)\C=C(/C)Cn1nc2c3ccccc3nc(N)n2c1=O. The summed E-state index contributed by atoms with van der Waals surface area (Å²) in [6.07, 6.45) is 1.47. The average Bonchev–Trinajstić information content (AvgIpc) is 2.85. The highest BCUT2D eigenvalue weighted by Gasteiger charge is 2.14. The summed E-state index contributed by atoms with van der Waals surface area (Å²) < 4.78 is 15.6. The Morgan fingerprint density at radius 1 is 1.38 bits per heavy atom. The maximum atomic E-state index is 13.1. The topological polar surface area (TPSA) is 78.2 Å². The number of nitrogen functional groups attached to an aromatic ring is 1. The summed E-state index contributed by atoms with van der Waals surface area (Å²) >= 11 is 5.78. The van der Waals surface area contributed by atoms with Crippen LogP contribution in [0.3, 0.4) is 0 Å². The lowest BCUT2D eigenvalue weighted by atomic mass is 10.2. The fraction of sp³-hybridized carbons (Fsp3) is 0.188. The zero-order chi connectivity index (χ0) is 17.4. The van der Waals surface area contributed by atoms with Crippen molar-refractivity contribution in [2.75, 3.05) is 5.73 Å². The smallest absolute Gasteiger partial charge is 0.353 e. The molecule has 2 aromatic heterocycles. The van der Waals surface area contributed by atoms with Crippen LogP contribution in [0.25, 0.3) is 16.6 Å². The molecule has 0 bridgehead atoms. The van der Waals surface area contributed by atoms with E-state index in [1.165, 1.54) is 22.1 Å². The molecule has 0 aliphatic rings. The van der Waals surface area contributed by atoms with E-state index < -0.39 is 11.5 Å². The highest BCUT2D eigenvalue weighted by atomic mass is 35.5. The van der Waals surface area contributed by atoms with Crippen LogP contribution in [-0.2, 0) is 6.54 Å². The van der Waals surface area contributed by atoms with Crippen LogP contribution in [0.4, 0.5) is 10.3 Å². The number of rotatable bonds is 3. The molecule has 1 aromatic carbocycles. The summed E-state index contributed by atoms with van der Waals surface area (Å²) in [6.45, 7) is 3.17. The van der Waals surface area contributed by atoms with Crippen molar-refractivity contribution in [3.05, 3.63) is 57.3 Å². The molecule has 24 heavy (non-hydrogen) atoms. The lowest BCUT2D eigenvalue weighted by molar-refractivity contribution is 0.634. The van der Waals surface area contributed by atoms with Crippen molar-refractivity contribution in [3.63, 3.8) is 0 Å². The molecule has 0 atom stereocenters. The quantitative estimate of drug-likeness (QED) is 0.739. The molecule has 0 saturated carbocycles. The first-order valence-electron chi connectivity index (χ1n) is 7.21.